The number of hydrogen-bond donors (Lipinski definition) is 0. The lowest BCUT2D eigenvalue weighted by Gasteiger charge is -2.14. The van der Waals surface area contributed by atoms with Crippen molar-refractivity contribution in [2.24, 2.45) is 5.92 Å². The highest BCUT2D eigenvalue weighted by molar-refractivity contribution is 5.91. The van der Waals surface area contributed by atoms with Gasteiger partial charge in [0.2, 0.25) is 0 Å². The molecule has 1 aromatic heterocycles. The first kappa shape index (κ1) is 11.2. The molecule has 1 aliphatic heterocycles. The third-order valence-electron chi connectivity index (χ3n) is 2.94. The van der Waals surface area contributed by atoms with Crippen LogP contribution in [-0.2, 0) is 4.74 Å². The maximum Gasteiger partial charge on any atom is 0.196 e. The number of hydrogen-bond acceptors (Lipinski definition) is 4. The Bertz CT molecular complexity index is 372. The van der Waals surface area contributed by atoms with Gasteiger partial charge >= 0.3 is 0 Å². The van der Waals surface area contributed by atoms with Crippen molar-refractivity contribution in [2.75, 3.05) is 31.7 Å². The van der Waals surface area contributed by atoms with Gasteiger partial charge < -0.3 is 14.1 Å². The molecule has 0 spiro atoms. The van der Waals surface area contributed by atoms with E-state index in [0.717, 1.165) is 32.0 Å². The van der Waals surface area contributed by atoms with Crippen LogP contribution < -0.4 is 4.90 Å². The van der Waals surface area contributed by atoms with Crippen LogP contribution >= 0.6 is 0 Å². The number of anilines is 1. The molecule has 0 aliphatic carbocycles. The molecule has 0 saturated carbocycles. The zero-order valence-electron chi connectivity index (χ0n) is 9.73. The quantitative estimate of drug-likeness (QED) is 0.732. The Morgan fingerprint density at radius 3 is 3.06 bits per heavy atom. The summed E-state index contributed by atoms with van der Waals surface area (Å²) in [5.41, 5.74) is 0. The maximum absolute atomic E-state index is 11.1. The van der Waals surface area contributed by atoms with Gasteiger partial charge in [-0.05, 0) is 12.5 Å². The molecule has 0 N–H and O–H groups in total. The minimum absolute atomic E-state index is 0.0288. The van der Waals surface area contributed by atoms with Crippen molar-refractivity contribution in [1.82, 2.24) is 0 Å². The second-order valence-electron chi connectivity index (χ2n) is 4.25. The summed E-state index contributed by atoms with van der Waals surface area (Å²) in [6, 6.07) is 3.60. The first-order chi connectivity index (χ1) is 7.70. The van der Waals surface area contributed by atoms with Crippen molar-refractivity contribution >= 4 is 11.7 Å². The Morgan fingerprint density at radius 1 is 1.62 bits per heavy atom. The Hall–Kier alpha value is -1.29. The molecular weight excluding hydrogens is 206 g/mol. The van der Waals surface area contributed by atoms with E-state index in [1.165, 1.54) is 6.92 Å². The van der Waals surface area contributed by atoms with E-state index < -0.39 is 0 Å². The molecule has 1 aliphatic rings. The molecule has 4 heteroatoms. The molecule has 0 radical (unpaired) electrons. The summed E-state index contributed by atoms with van der Waals surface area (Å²) in [6.45, 7) is 4.22. The summed E-state index contributed by atoms with van der Waals surface area (Å²) >= 11 is 0. The van der Waals surface area contributed by atoms with Crippen molar-refractivity contribution in [3.05, 3.63) is 17.9 Å². The van der Waals surface area contributed by atoms with E-state index in [9.17, 15) is 4.79 Å². The minimum Gasteiger partial charge on any atom is -0.437 e. The molecule has 1 saturated heterocycles. The van der Waals surface area contributed by atoms with Crippen LogP contribution in [0.15, 0.2) is 16.5 Å². The first-order valence-corrected chi connectivity index (χ1v) is 5.55. The van der Waals surface area contributed by atoms with E-state index >= 15 is 0 Å². The van der Waals surface area contributed by atoms with Gasteiger partial charge in [-0.1, -0.05) is 0 Å². The molecule has 88 valence electrons. The topological polar surface area (TPSA) is 42.7 Å². The van der Waals surface area contributed by atoms with Gasteiger partial charge in [0.25, 0.3) is 0 Å². The van der Waals surface area contributed by atoms with E-state index in [0.29, 0.717) is 11.7 Å². The largest absolute Gasteiger partial charge is 0.437 e. The van der Waals surface area contributed by atoms with Gasteiger partial charge in [-0.2, -0.15) is 0 Å². The van der Waals surface area contributed by atoms with Crippen LogP contribution in [0.1, 0.15) is 23.9 Å². The van der Waals surface area contributed by atoms with Gasteiger partial charge in [-0.15, -0.1) is 0 Å². The van der Waals surface area contributed by atoms with E-state index in [1.54, 1.807) is 13.2 Å². The average Bonchev–Trinajstić information content (AvgIpc) is 2.84. The summed E-state index contributed by atoms with van der Waals surface area (Å²) < 4.78 is 10.6. The van der Waals surface area contributed by atoms with Crippen LogP contribution in [0.5, 0.6) is 0 Å². The van der Waals surface area contributed by atoms with Crippen LogP contribution in [0.25, 0.3) is 0 Å². The molecule has 0 amide bonds. The molecule has 1 aromatic rings. The Kier molecular flexibility index (Phi) is 3.29. The van der Waals surface area contributed by atoms with Crippen LogP contribution in [0.2, 0.25) is 0 Å². The number of rotatable bonds is 4. The zero-order valence-corrected chi connectivity index (χ0v) is 9.73. The third kappa shape index (κ3) is 2.27. The van der Waals surface area contributed by atoms with Crippen LogP contribution in [0, 0.1) is 5.92 Å². The fraction of sp³-hybridized carbons (Fsp3) is 0.583. The lowest BCUT2D eigenvalue weighted by molar-refractivity contribution is 0.0988. The number of ketones is 1. The number of carbonyl (C=O) groups is 1. The van der Waals surface area contributed by atoms with E-state index in [2.05, 4.69) is 4.90 Å². The highest BCUT2D eigenvalue weighted by atomic mass is 16.5. The molecule has 0 bridgehead atoms. The summed E-state index contributed by atoms with van der Waals surface area (Å²) in [5.74, 6) is 1.77. The number of methoxy groups -OCH3 is 1. The number of Topliss-reactive ketones (excluding diaryl/α,β-unsaturated/α-hetero) is 1. The second kappa shape index (κ2) is 4.70. The Morgan fingerprint density at radius 2 is 2.44 bits per heavy atom. The zero-order chi connectivity index (χ0) is 11.5. The number of furan rings is 1. The van der Waals surface area contributed by atoms with Gasteiger partial charge in [0, 0.05) is 39.1 Å². The Labute approximate surface area is 95.2 Å². The molecule has 1 unspecified atom stereocenters. The standard InChI is InChI=1S/C12H17NO3/c1-9(14)11-3-4-12(16-11)13-6-5-10(7-13)8-15-2/h3-4,10H,5-8H2,1-2H3. The predicted molar refractivity (Wildman–Crippen MR) is 60.9 cm³/mol. The minimum atomic E-state index is -0.0288. The van der Waals surface area contributed by atoms with Gasteiger partial charge in [0.05, 0.1) is 6.61 Å². The molecule has 1 atom stereocenters. The van der Waals surface area contributed by atoms with Crippen LogP contribution in [0.4, 0.5) is 5.88 Å². The molecule has 1 fully saturated rings. The first-order valence-electron chi connectivity index (χ1n) is 5.55. The van der Waals surface area contributed by atoms with Crippen molar-refractivity contribution in [2.45, 2.75) is 13.3 Å². The normalized spacial score (nSPS) is 20.4. The van der Waals surface area contributed by atoms with Crippen LogP contribution in [-0.4, -0.2) is 32.6 Å². The van der Waals surface area contributed by atoms with Crippen molar-refractivity contribution in [1.29, 1.82) is 0 Å². The fourth-order valence-corrected chi connectivity index (χ4v) is 2.09. The summed E-state index contributed by atoms with van der Waals surface area (Å²) in [4.78, 5) is 13.3. The highest BCUT2D eigenvalue weighted by Crippen LogP contribution is 2.25. The number of nitrogens with zero attached hydrogens (tertiary/aromatic N) is 1. The Balaban J connectivity index is 2.00. The predicted octanol–water partition coefficient (Wildman–Crippen LogP) is 1.95. The molecule has 16 heavy (non-hydrogen) atoms. The summed E-state index contributed by atoms with van der Waals surface area (Å²) in [5, 5.41) is 0. The molecule has 0 aromatic carbocycles. The molecule has 4 nitrogen and oxygen atoms in total. The van der Waals surface area contributed by atoms with Gasteiger partial charge in [0.15, 0.2) is 17.4 Å². The van der Waals surface area contributed by atoms with Crippen molar-refractivity contribution in [3.8, 4) is 0 Å². The summed E-state index contributed by atoms with van der Waals surface area (Å²) in [7, 11) is 1.73. The number of ether oxygens (including phenoxy) is 1. The second-order valence-corrected chi connectivity index (χ2v) is 4.25. The van der Waals surface area contributed by atoms with E-state index in [-0.39, 0.29) is 5.78 Å². The number of carbonyl (C=O) groups excluding carboxylic acids is 1. The smallest absolute Gasteiger partial charge is 0.196 e. The maximum atomic E-state index is 11.1. The lowest BCUT2D eigenvalue weighted by atomic mass is 10.1. The van der Waals surface area contributed by atoms with E-state index in [1.807, 2.05) is 6.07 Å². The molecular formula is C12H17NO3. The van der Waals surface area contributed by atoms with E-state index in [4.69, 9.17) is 9.15 Å². The fourth-order valence-electron chi connectivity index (χ4n) is 2.09. The monoisotopic (exact) mass is 223 g/mol. The van der Waals surface area contributed by atoms with Crippen molar-refractivity contribution < 1.29 is 13.9 Å². The SMILES string of the molecule is COCC1CCN(c2ccc(C(C)=O)o2)C1. The van der Waals surface area contributed by atoms with Gasteiger partial charge in [0.1, 0.15) is 0 Å². The average molecular weight is 223 g/mol. The third-order valence-corrected chi connectivity index (χ3v) is 2.94. The van der Waals surface area contributed by atoms with Crippen molar-refractivity contribution in [3.63, 3.8) is 0 Å². The highest BCUT2D eigenvalue weighted by Gasteiger charge is 2.24. The lowest BCUT2D eigenvalue weighted by Crippen LogP contribution is -2.20. The summed E-state index contributed by atoms with van der Waals surface area (Å²) in [6.07, 6.45) is 1.12. The van der Waals surface area contributed by atoms with Gasteiger partial charge in [-0.3, -0.25) is 4.79 Å². The van der Waals surface area contributed by atoms with Crippen LogP contribution in [0.3, 0.4) is 0 Å². The molecule has 2 rings (SSSR count). The molecule has 2 heterocycles. The van der Waals surface area contributed by atoms with Gasteiger partial charge in [-0.25, -0.2) is 0 Å².